The summed E-state index contributed by atoms with van der Waals surface area (Å²) in [5.41, 5.74) is 1.18. The molecule has 7 heteroatoms. The summed E-state index contributed by atoms with van der Waals surface area (Å²) in [5, 5.41) is 13.7. The van der Waals surface area contributed by atoms with Crippen molar-refractivity contribution in [3.63, 3.8) is 0 Å². The smallest absolute Gasteiger partial charge is 0.246 e. The van der Waals surface area contributed by atoms with Crippen molar-refractivity contribution in [1.82, 2.24) is 14.1 Å². The van der Waals surface area contributed by atoms with Crippen molar-refractivity contribution < 1.29 is 13.5 Å². The minimum Gasteiger partial charge on any atom is -0.393 e. The van der Waals surface area contributed by atoms with Gasteiger partial charge in [0.25, 0.3) is 0 Å². The van der Waals surface area contributed by atoms with Gasteiger partial charge in [-0.2, -0.15) is 9.40 Å². The van der Waals surface area contributed by atoms with Crippen molar-refractivity contribution in [2.45, 2.75) is 38.2 Å². The number of sulfonamides is 1. The third-order valence-electron chi connectivity index (χ3n) is 3.91. The summed E-state index contributed by atoms with van der Waals surface area (Å²) in [5.74, 6) is 0.0204. The lowest BCUT2D eigenvalue weighted by molar-refractivity contribution is 0.133. The summed E-state index contributed by atoms with van der Waals surface area (Å²) in [6.45, 7) is 6.03. The van der Waals surface area contributed by atoms with Crippen LogP contribution in [0.4, 0.5) is 0 Å². The SMILES string of the molecule is Cc1nn(C)c(C)c1S(=O)(=O)N1CCC(C(C)O)C1. The maximum absolute atomic E-state index is 12.6. The fourth-order valence-corrected chi connectivity index (χ4v) is 4.53. The fourth-order valence-electron chi connectivity index (χ4n) is 2.62. The Balaban J connectivity index is 2.34. The van der Waals surface area contributed by atoms with Crippen LogP contribution in [0.1, 0.15) is 24.7 Å². The molecular formula is C12H21N3O3S. The first-order valence-electron chi connectivity index (χ1n) is 6.43. The Morgan fingerprint density at radius 1 is 1.42 bits per heavy atom. The third kappa shape index (κ3) is 2.42. The van der Waals surface area contributed by atoms with Crippen LogP contribution < -0.4 is 0 Å². The zero-order valence-electron chi connectivity index (χ0n) is 11.8. The van der Waals surface area contributed by atoms with Crippen LogP contribution in [0.3, 0.4) is 0 Å². The number of aryl methyl sites for hydroxylation is 2. The van der Waals surface area contributed by atoms with E-state index in [-0.39, 0.29) is 5.92 Å². The molecule has 2 rings (SSSR count). The van der Waals surface area contributed by atoms with Crippen LogP contribution in [0.2, 0.25) is 0 Å². The minimum atomic E-state index is -3.51. The summed E-state index contributed by atoms with van der Waals surface area (Å²) < 4.78 is 28.3. The fraction of sp³-hybridized carbons (Fsp3) is 0.750. The Morgan fingerprint density at radius 3 is 2.47 bits per heavy atom. The molecule has 1 aromatic heterocycles. The van der Waals surface area contributed by atoms with E-state index in [4.69, 9.17) is 0 Å². The molecule has 0 saturated carbocycles. The van der Waals surface area contributed by atoms with Crippen molar-refractivity contribution in [3.05, 3.63) is 11.4 Å². The second-order valence-corrected chi connectivity index (χ2v) is 7.15. The highest BCUT2D eigenvalue weighted by Crippen LogP contribution is 2.29. The number of hydrogen-bond acceptors (Lipinski definition) is 4. The van der Waals surface area contributed by atoms with E-state index in [0.29, 0.717) is 35.8 Å². The van der Waals surface area contributed by atoms with E-state index in [1.807, 2.05) is 0 Å². The summed E-state index contributed by atoms with van der Waals surface area (Å²) in [6, 6.07) is 0. The van der Waals surface area contributed by atoms with Crippen LogP contribution in [0.25, 0.3) is 0 Å². The third-order valence-corrected chi connectivity index (χ3v) is 6.03. The predicted molar refractivity (Wildman–Crippen MR) is 71.2 cm³/mol. The Bertz CT molecular complexity index is 577. The molecule has 0 bridgehead atoms. The van der Waals surface area contributed by atoms with E-state index in [1.54, 1.807) is 32.5 Å². The van der Waals surface area contributed by atoms with Crippen LogP contribution in [-0.4, -0.2) is 46.8 Å². The predicted octanol–water partition coefficient (Wildman–Crippen LogP) is 0.428. The zero-order valence-corrected chi connectivity index (χ0v) is 12.6. The van der Waals surface area contributed by atoms with Gasteiger partial charge in [0, 0.05) is 20.1 Å². The molecule has 6 nitrogen and oxygen atoms in total. The lowest BCUT2D eigenvalue weighted by Crippen LogP contribution is -2.31. The molecule has 2 heterocycles. The molecule has 1 aromatic rings. The second-order valence-electron chi connectivity index (χ2n) is 5.28. The van der Waals surface area contributed by atoms with Gasteiger partial charge in [-0.25, -0.2) is 8.42 Å². The lowest BCUT2D eigenvalue weighted by Gasteiger charge is -2.17. The molecule has 108 valence electrons. The highest BCUT2D eigenvalue weighted by atomic mass is 32.2. The van der Waals surface area contributed by atoms with Crippen LogP contribution in [0.5, 0.6) is 0 Å². The molecule has 1 aliphatic rings. The van der Waals surface area contributed by atoms with Crippen LogP contribution in [0, 0.1) is 19.8 Å². The monoisotopic (exact) mass is 287 g/mol. The minimum absolute atomic E-state index is 0.0204. The quantitative estimate of drug-likeness (QED) is 0.874. The molecule has 1 fully saturated rings. The molecule has 1 aliphatic heterocycles. The van der Waals surface area contributed by atoms with Gasteiger partial charge in [0.2, 0.25) is 10.0 Å². The van der Waals surface area contributed by atoms with Crippen LogP contribution in [-0.2, 0) is 17.1 Å². The summed E-state index contributed by atoms with van der Waals surface area (Å²) in [7, 11) is -1.77. The maximum atomic E-state index is 12.6. The van der Waals surface area contributed by atoms with Gasteiger partial charge >= 0.3 is 0 Å². The number of nitrogens with zero attached hydrogens (tertiary/aromatic N) is 3. The molecule has 1 N–H and O–H groups in total. The topological polar surface area (TPSA) is 75.4 Å². The summed E-state index contributed by atoms with van der Waals surface area (Å²) >= 11 is 0. The average molecular weight is 287 g/mol. The normalized spacial score (nSPS) is 22.9. The number of aromatic nitrogens is 2. The van der Waals surface area contributed by atoms with Crippen LogP contribution in [0.15, 0.2) is 4.90 Å². The van der Waals surface area contributed by atoms with Gasteiger partial charge in [0.05, 0.1) is 17.5 Å². The van der Waals surface area contributed by atoms with Gasteiger partial charge in [-0.15, -0.1) is 0 Å². The van der Waals surface area contributed by atoms with Crippen molar-refractivity contribution in [2.75, 3.05) is 13.1 Å². The molecule has 2 unspecified atom stereocenters. The number of aliphatic hydroxyl groups excluding tert-OH is 1. The Kier molecular flexibility index (Phi) is 3.72. The second kappa shape index (κ2) is 4.88. The molecule has 19 heavy (non-hydrogen) atoms. The van der Waals surface area contributed by atoms with Crippen molar-refractivity contribution >= 4 is 10.0 Å². The van der Waals surface area contributed by atoms with Crippen molar-refractivity contribution in [3.8, 4) is 0 Å². The average Bonchev–Trinajstić information content (AvgIpc) is 2.85. The zero-order chi connectivity index (χ0) is 14.4. The molecule has 0 spiro atoms. The highest BCUT2D eigenvalue weighted by molar-refractivity contribution is 7.89. The largest absolute Gasteiger partial charge is 0.393 e. The van der Waals surface area contributed by atoms with E-state index in [9.17, 15) is 13.5 Å². The van der Waals surface area contributed by atoms with Gasteiger partial charge in [-0.3, -0.25) is 4.68 Å². The molecule has 1 saturated heterocycles. The van der Waals surface area contributed by atoms with Crippen molar-refractivity contribution in [1.29, 1.82) is 0 Å². The Morgan fingerprint density at radius 2 is 2.05 bits per heavy atom. The number of rotatable bonds is 3. The summed E-state index contributed by atoms with van der Waals surface area (Å²) in [4.78, 5) is 0.307. The first-order chi connectivity index (χ1) is 8.75. The standard InChI is InChI=1S/C12H21N3O3S/c1-8-12(9(2)14(4)13-8)19(17,18)15-6-5-11(7-15)10(3)16/h10-11,16H,5-7H2,1-4H3. The summed E-state index contributed by atoms with van der Waals surface area (Å²) in [6.07, 6.45) is 0.228. The van der Waals surface area contributed by atoms with Gasteiger partial charge in [-0.05, 0) is 33.1 Å². The molecule has 0 aliphatic carbocycles. The van der Waals surface area contributed by atoms with Gasteiger partial charge in [-0.1, -0.05) is 0 Å². The first kappa shape index (κ1) is 14.5. The number of aliphatic hydroxyl groups is 1. The van der Waals surface area contributed by atoms with E-state index in [0.717, 1.165) is 0 Å². The Hall–Kier alpha value is -0.920. The van der Waals surface area contributed by atoms with Gasteiger partial charge < -0.3 is 5.11 Å². The maximum Gasteiger partial charge on any atom is 0.246 e. The molecule has 0 aromatic carbocycles. The van der Waals surface area contributed by atoms with Crippen LogP contribution >= 0.6 is 0 Å². The van der Waals surface area contributed by atoms with E-state index < -0.39 is 16.1 Å². The molecule has 2 atom stereocenters. The molecular weight excluding hydrogens is 266 g/mol. The van der Waals surface area contributed by atoms with E-state index in [1.165, 1.54) is 4.31 Å². The molecule has 0 radical (unpaired) electrons. The number of hydrogen-bond donors (Lipinski definition) is 1. The van der Waals surface area contributed by atoms with E-state index in [2.05, 4.69) is 5.10 Å². The van der Waals surface area contributed by atoms with Crippen molar-refractivity contribution in [2.24, 2.45) is 13.0 Å². The van der Waals surface area contributed by atoms with Gasteiger partial charge in [0.1, 0.15) is 4.90 Å². The van der Waals surface area contributed by atoms with E-state index >= 15 is 0 Å². The highest BCUT2D eigenvalue weighted by Gasteiger charge is 2.37. The Labute approximate surface area is 114 Å². The lowest BCUT2D eigenvalue weighted by atomic mass is 10.0. The van der Waals surface area contributed by atoms with Gasteiger partial charge in [0.15, 0.2) is 0 Å². The first-order valence-corrected chi connectivity index (χ1v) is 7.87. The molecule has 0 amide bonds.